The van der Waals surface area contributed by atoms with Crippen LogP contribution in [0.5, 0.6) is 0 Å². The maximum Gasteiger partial charge on any atom is 0.162 e. The molecule has 2 rings (SSSR count). The Labute approximate surface area is 112 Å². The van der Waals surface area contributed by atoms with Crippen molar-refractivity contribution in [1.82, 2.24) is 9.88 Å². The molecule has 0 amide bonds. The topological polar surface area (TPSA) is 29.3 Å². The third-order valence-corrected chi connectivity index (χ3v) is 3.52. The molecular formula is C14H18N2OS. The van der Waals surface area contributed by atoms with Crippen LogP contribution in [-0.4, -0.2) is 23.0 Å². The molecule has 0 fully saturated rings. The van der Waals surface area contributed by atoms with Crippen molar-refractivity contribution < 1.29 is 4.42 Å². The number of hydrogen-bond acceptors (Lipinski definition) is 4. The molecule has 0 saturated carbocycles. The van der Waals surface area contributed by atoms with Crippen molar-refractivity contribution in [1.29, 1.82) is 0 Å². The van der Waals surface area contributed by atoms with Gasteiger partial charge in [-0.25, -0.2) is 4.98 Å². The molecule has 2 aromatic heterocycles. The summed E-state index contributed by atoms with van der Waals surface area (Å²) in [7, 11) is 0. The van der Waals surface area contributed by atoms with Gasteiger partial charge in [-0.2, -0.15) is 0 Å². The van der Waals surface area contributed by atoms with E-state index < -0.39 is 0 Å². The lowest BCUT2D eigenvalue weighted by Gasteiger charge is -2.18. The molecule has 0 spiro atoms. The van der Waals surface area contributed by atoms with E-state index >= 15 is 0 Å². The van der Waals surface area contributed by atoms with Crippen LogP contribution in [0.1, 0.15) is 19.5 Å². The van der Waals surface area contributed by atoms with Crippen molar-refractivity contribution in [2.24, 2.45) is 0 Å². The molecule has 0 aromatic carbocycles. The minimum atomic E-state index is 0.842. The molecule has 0 unspecified atom stereocenters. The predicted molar refractivity (Wildman–Crippen MR) is 75.6 cm³/mol. The van der Waals surface area contributed by atoms with Crippen molar-refractivity contribution in [3.8, 4) is 10.8 Å². The minimum Gasteiger partial charge on any atom is -0.462 e. The number of hydrogen-bond donors (Lipinski definition) is 0. The lowest BCUT2D eigenvalue weighted by atomic mass is 10.3. The highest BCUT2D eigenvalue weighted by atomic mass is 32.1. The molecule has 0 aliphatic heterocycles. The summed E-state index contributed by atoms with van der Waals surface area (Å²) in [5.41, 5.74) is 2.27. The Morgan fingerprint density at radius 2 is 2.39 bits per heavy atom. The highest BCUT2D eigenvalue weighted by Gasteiger charge is 2.10. The molecule has 0 aliphatic carbocycles. The Morgan fingerprint density at radius 1 is 1.56 bits per heavy atom. The van der Waals surface area contributed by atoms with E-state index in [2.05, 4.69) is 35.7 Å². The Balaban J connectivity index is 2.04. The first-order valence-electron chi connectivity index (χ1n) is 6.04. The lowest BCUT2D eigenvalue weighted by molar-refractivity contribution is 0.301. The number of rotatable bonds is 6. The fourth-order valence-corrected chi connectivity index (χ4v) is 2.56. The van der Waals surface area contributed by atoms with Crippen LogP contribution in [0.2, 0.25) is 0 Å². The quantitative estimate of drug-likeness (QED) is 0.741. The van der Waals surface area contributed by atoms with Gasteiger partial charge in [0.25, 0.3) is 0 Å². The highest BCUT2D eigenvalue weighted by molar-refractivity contribution is 7.13. The molecule has 0 radical (unpaired) electrons. The fraction of sp³-hybridized carbons (Fsp3) is 0.357. The minimum absolute atomic E-state index is 0.842. The summed E-state index contributed by atoms with van der Waals surface area (Å²) in [5, 5.41) is 3.04. The average molecular weight is 262 g/mol. The molecule has 0 N–H and O–H groups in total. The van der Waals surface area contributed by atoms with E-state index in [-0.39, 0.29) is 0 Å². The largest absolute Gasteiger partial charge is 0.462 e. The van der Waals surface area contributed by atoms with E-state index in [9.17, 15) is 0 Å². The summed E-state index contributed by atoms with van der Waals surface area (Å²) in [4.78, 5) is 6.92. The Hall–Kier alpha value is -1.39. The zero-order valence-corrected chi connectivity index (χ0v) is 11.7. The number of thiazole rings is 1. The third kappa shape index (κ3) is 3.31. The van der Waals surface area contributed by atoms with Crippen molar-refractivity contribution in [3.05, 3.63) is 41.6 Å². The van der Waals surface area contributed by atoms with Crippen molar-refractivity contribution in [3.63, 3.8) is 0 Å². The van der Waals surface area contributed by atoms with Crippen LogP contribution in [0.4, 0.5) is 0 Å². The summed E-state index contributed by atoms with van der Waals surface area (Å²) in [6.45, 7) is 10.9. The molecule has 0 aliphatic rings. The molecule has 2 heterocycles. The first-order chi connectivity index (χ1) is 8.69. The SMILES string of the molecule is C=C(C)CN(CC)Cc1csc(-c2ccco2)n1. The second-order valence-corrected chi connectivity index (χ2v) is 5.24. The predicted octanol–water partition coefficient (Wildman–Crippen LogP) is 3.80. The molecule has 96 valence electrons. The van der Waals surface area contributed by atoms with Gasteiger partial charge in [-0.3, -0.25) is 4.90 Å². The van der Waals surface area contributed by atoms with Crippen LogP contribution in [0.15, 0.2) is 40.3 Å². The first kappa shape index (κ1) is 13.1. The molecule has 4 heteroatoms. The monoisotopic (exact) mass is 262 g/mol. The van der Waals surface area contributed by atoms with Gasteiger partial charge in [-0.1, -0.05) is 19.1 Å². The molecular weight excluding hydrogens is 244 g/mol. The van der Waals surface area contributed by atoms with E-state index in [1.54, 1.807) is 17.6 Å². The summed E-state index contributed by atoms with van der Waals surface area (Å²) in [5.74, 6) is 0.842. The molecule has 3 nitrogen and oxygen atoms in total. The van der Waals surface area contributed by atoms with Gasteiger partial charge in [-0.15, -0.1) is 11.3 Å². The van der Waals surface area contributed by atoms with E-state index in [0.29, 0.717) is 0 Å². The molecule has 0 bridgehead atoms. The third-order valence-electron chi connectivity index (χ3n) is 2.61. The molecule has 18 heavy (non-hydrogen) atoms. The zero-order valence-electron chi connectivity index (χ0n) is 10.8. The van der Waals surface area contributed by atoms with Gasteiger partial charge in [0, 0.05) is 18.5 Å². The second kappa shape index (κ2) is 5.98. The first-order valence-corrected chi connectivity index (χ1v) is 6.92. The molecule has 0 atom stereocenters. The maximum absolute atomic E-state index is 5.35. The van der Waals surface area contributed by atoms with Crippen molar-refractivity contribution in [2.75, 3.05) is 13.1 Å². The average Bonchev–Trinajstić information content (AvgIpc) is 2.97. The van der Waals surface area contributed by atoms with Gasteiger partial charge in [-0.05, 0) is 25.6 Å². The number of furan rings is 1. The Bertz CT molecular complexity index is 502. The van der Waals surface area contributed by atoms with Gasteiger partial charge >= 0.3 is 0 Å². The van der Waals surface area contributed by atoms with Crippen molar-refractivity contribution in [2.45, 2.75) is 20.4 Å². The smallest absolute Gasteiger partial charge is 0.162 e. The van der Waals surface area contributed by atoms with Crippen molar-refractivity contribution >= 4 is 11.3 Å². The number of aromatic nitrogens is 1. The Kier molecular flexibility index (Phi) is 4.33. The number of likely N-dealkylation sites (N-methyl/N-ethyl adjacent to an activating group) is 1. The molecule has 0 saturated heterocycles. The second-order valence-electron chi connectivity index (χ2n) is 4.38. The van der Waals surface area contributed by atoms with E-state index in [4.69, 9.17) is 4.42 Å². The standard InChI is InChI=1S/C14H18N2OS/c1-4-16(8-11(2)3)9-12-10-18-14(15-12)13-6-5-7-17-13/h5-7,10H,2,4,8-9H2,1,3H3. The van der Waals surface area contributed by atoms with E-state index in [1.165, 1.54) is 5.57 Å². The summed E-state index contributed by atoms with van der Waals surface area (Å²) in [6.07, 6.45) is 1.68. The lowest BCUT2D eigenvalue weighted by Crippen LogP contribution is -2.24. The number of nitrogens with zero attached hydrogens (tertiary/aromatic N) is 2. The van der Waals surface area contributed by atoms with Gasteiger partial charge in [0.1, 0.15) is 0 Å². The Morgan fingerprint density at radius 3 is 3.00 bits per heavy atom. The van der Waals surface area contributed by atoms with Crippen LogP contribution in [0.3, 0.4) is 0 Å². The van der Waals surface area contributed by atoms with Crippen LogP contribution in [-0.2, 0) is 6.54 Å². The zero-order chi connectivity index (χ0) is 13.0. The van der Waals surface area contributed by atoms with Crippen LogP contribution < -0.4 is 0 Å². The van der Waals surface area contributed by atoms with Gasteiger partial charge in [0.05, 0.1) is 12.0 Å². The van der Waals surface area contributed by atoms with E-state index in [1.807, 2.05) is 12.1 Å². The maximum atomic E-state index is 5.35. The van der Waals surface area contributed by atoms with Crippen LogP contribution in [0, 0.1) is 0 Å². The van der Waals surface area contributed by atoms with Gasteiger partial charge in [0.15, 0.2) is 10.8 Å². The summed E-state index contributed by atoms with van der Waals surface area (Å²) in [6, 6.07) is 3.82. The van der Waals surface area contributed by atoms with Gasteiger partial charge in [0.2, 0.25) is 0 Å². The summed E-state index contributed by atoms with van der Waals surface area (Å²) >= 11 is 1.62. The highest BCUT2D eigenvalue weighted by Crippen LogP contribution is 2.24. The van der Waals surface area contributed by atoms with E-state index in [0.717, 1.165) is 36.1 Å². The van der Waals surface area contributed by atoms with Crippen LogP contribution >= 0.6 is 11.3 Å². The molecule has 2 aromatic rings. The van der Waals surface area contributed by atoms with Gasteiger partial charge < -0.3 is 4.42 Å². The fourth-order valence-electron chi connectivity index (χ4n) is 1.78. The summed E-state index contributed by atoms with van der Waals surface area (Å²) < 4.78 is 5.35. The normalized spacial score (nSPS) is 11.1. The van der Waals surface area contributed by atoms with Crippen LogP contribution in [0.25, 0.3) is 10.8 Å².